The lowest BCUT2D eigenvalue weighted by molar-refractivity contribution is -0.136. The molecule has 0 aromatic carbocycles. The highest BCUT2D eigenvalue weighted by Gasteiger charge is 2.26. The van der Waals surface area contributed by atoms with Crippen LogP contribution >= 0.6 is 22.6 Å². The van der Waals surface area contributed by atoms with E-state index in [1.165, 1.54) is 0 Å². The summed E-state index contributed by atoms with van der Waals surface area (Å²) < 4.78 is 36.6. The standard InChI is InChI=1S/C7H6F3IN2O2/c8-7(9,10)1-2-13-3-4(11)5(14)12-6(13)15/h3H,1-2H2,(H,12,14,15). The summed E-state index contributed by atoms with van der Waals surface area (Å²) in [7, 11) is 0. The number of hydrogen-bond donors (Lipinski definition) is 1. The van der Waals surface area contributed by atoms with Crippen LogP contribution < -0.4 is 11.2 Å². The van der Waals surface area contributed by atoms with Gasteiger partial charge >= 0.3 is 11.9 Å². The van der Waals surface area contributed by atoms with Crippen LogP contribution in [0.3, 0.4) is 0 Å². The third-order valence-corrected chi connectivity index (χ3v) is 2.37. The zero-order valence-corrected chi connectivity index (χ0v) is 9.42. The molecule has 1 N–H and O–H groups in total. The van der Waals surface area contributed by atoms with Crippen LogP contribution in [-0.4, -0.2) is 15.7 Å². The first kappa shape index (κ1) is 12.3. The molecule has 1 aromatic rings. The molecule has 0 radical (unpaired) electrons. The van der Waals surface area contributed by atoms with Gasteiger partial charge in [0.1, 0.15) is 0 Å². The lowest BCUT2D eigenvalue weighted by Gasteiger charge is -2.07. The Labute approximate surface area is 95.3 Å². The van der Waals surface area contributed by atoms with E-state index in [4.69, 9.17) is 0 Å². The average Bonchev–Trinajstić information content (AvgIpc) is 2.07. The quantitative estimate of drug-likeness (QED) is 0.824. The Kier molecular flexibility index (Phi) is 3.58. The van der Waals surface area contributed by atoms with E-state index < -0.39 is 30.4 Å². The second kappa shape index (κ2) is 4.37. The van der Waals surface area contributed by atoms with Crippen LogP contribution in [0.25, 0.3) is 0 Å². The summed E-state index contributed by atoms with van der Waals surface area (Å²) in [5.41, 5.74) is -1.42. The maximum atomic E-state index is 11.9. The summed E-state index contributed by atoms with van der Waals surface area (Å²) in [5, 5.41) is 0. The van der Waals surface area contributed by atoms with Crippen LogP contribution in [0.5, 0.6) is 0 Å². The van der Waals surface area contributed by atoms with Crippen molar-refractivity contribution in [3.05, 3.63) is 30.6 Å². The number of aromatic nitrogens is 2. The van der Waals surface area contributed by atoms with Crippen molar-refractivity contribution in [3.8, 4) is 0 Å². The minimum atomic E-state index is -4.32. The smallest absolute Gasteiger partial charge is 0.299 e. The average molecular weight is 334 g/mol. The molecule has 0 spiro atoms. The van der Waals surface area contributed by atoms with Crippen LogP contribution in [-0.2, 0) is 6.54 Å². The van der Waals surface area contributed by atoms with Crippen molar-refractivity contribution in [1.82, 2.24) is 9.55 Å². The highest BCUT2D eigenvalue weighted by molar-refractivity contribution is 14.1. The summed E-state index contributed by atoms with van der Waals surface area (Å²) in [6.07, 6.45) is -4.32. The largest absolute Gasteiger partial charge is 0.390 e. The Balaban J connectivity index is 2.92. The third-order valence-electron chi connectivity index (χ3n) is 1.60. The summed E-state index contributed by atoms with van der Waals surface area (Å²) in [5.74, 6) is 0. The molecule has 0 saturated carbocycles. The van der Waals surface area contributed by atoms with Gasteiger partial charge in [-0.15, -0.1) is 0 Å². The van der Waals surface area contributed by atoms with Gasteiger partial charge in [-0.3, -0.25) is 14.3 Å². The SMILES string of the molecule is O=c1[nH]c(=O)n(CCC(F)(F)F)cc1I. The van der Waals surface area contributed by atoms with Gasteiger partial charge in [0.15, 0.2) is 0 Å². The van der Waals surface area contributed by atoms with Gasteiger partial charge in [0.2, 0.25) is 0 Å². The van der Waals surface area contributed by atoms with E-state index >= 15 is 0 Å². The molecule has 8 heteroatoms. The fourth-order valence-electron chi connectivity index (χ4n) is 0.896. The highest BCUT2D eigenvalue weighted by Crippen LogP contribution is 2.19. The molecule has 0 bridgehead atoms. The number of H-pyrrole nitrogens is 1. The zero-order valence-electron chi connectivity index (χ0n) is 7.27. The second-order valence-corrected chi connectivity index (χ2v) is 3.96. The first-order valence-corrected chi connectivity index (χ1v) is 4.93. The van der Waals surface area contributed by atoms with Crippen molar-refractivity contribution in [2.45, 2.75) is 19.1 Å². The molecule has 0 aliphatic carbocycles. The van der Waals surface area contributed by atoms with Crippen LogP contribution in [0.4, 0.5) is 13.2 Å². The molecule has 0 unspecified atom stereocenters. The molecule has 0 fully saturated rings. The Morgan fingerprint density at radius 1 is 1.40 bits per heavy atom. The normalized spacial score (nSPS) is 11.7. The maximum absolute atomic E-state index is 11.9. The number of nitrogens with one attached hydrogen (secondary N) is 1. The van der Waals surface area contributed by atoms with E-state index in [0.717, 1.165) is 10.8 Å². The fraction of sp³-hybridized carbons (Fsp3) is 0.429. The first-order valence-electron chi connectivity index (χ1n) is 3.85. The molecule has 0 aliphatic heterocycles. The van der Waals surface area contributed by atoms with Crippen molar-refractivity contribution >= 4 is 22.6 Å². The molecule has 1 heterocycles. The van der Waals surface area contributed by atoms with Gasteiger partial charge < -0.3 is 0 Å². The lowest BCUT2D eigenvalue weighted by atomic mass is 10.4. The van der Waals surface area contributed by atoms with Crippen LogP contribution in [0.1, 0.15) is 6.42 Å². The number of hydrogen-bond acceptors (Lipinski definition) is 2. The molecule has 0 aliphatic rings. The second-order valence-electron chi connectivity index (χ2n) is 2.79. The lowest BCUT2D eigenvalue weighted by Crippen LogP contribution is -2.32. The minimum absolute atomic E-state index is 0.175. The summed E-state index contributed by atoms with van der Waals surface area (Å²) in [4.78, 5) is 23.9. The topological polar surface area (TPSA) is 54.9 Å². The molecule has 84 valence electrons. The monoisotopic (exact) mass is 334 g/mol. The molecule has 0 atom stereocenters. The number of alkyl halides is 3. The predicted octanol–water partition coefficient (Wildman–Crippen LogP) is 1.09. The molecular formula is C7H6F3IN2O2. The zero-order chi connectivity index (χ0) is 11.6. The van der Waals surface area contributed by atoms with Gasteiger partial charge in [-0.25, -0.2) is 4.79 Å². The number of aryl methyl sites for hydroxylation is 1. The van der Waals surface area contributed by atoms with Crippen LogP contribution in [0.15, 0.2) is 15.8 Å². The molecular weight excluding hydrogens is 328 g/mol. The molecule has 0 amide bonds. The number of halogens is 4. The van der Waals surface area contributed by atoms with E-state index in [9.17, 15) is 22.8 Å². The number of nitrogens with zero attached hydrogens (tertiary/aromatic N) is 1. The van der Waals surface area contributed by atoms with Crippen molar-refractivity contribution < 1.29 is 13.2 Å². The predicted molar refractivity (Wildman–Crippen MR) is 54.7 cm³/mol. The van der Waals surface area contributed by atoms with Crippen LogP contribution in [0.2, 0.25) is 0 Å². The van der Waals surface area contributed by atoms with Gasteiger partial charge in [-0.05, 0) is 22.6 Å². The molecule has 1 rings (SSSR count). The first-order chi connectivity index (χ1) is 6.79. The van der Waals surface area contributed by atoms with E-state index in [-0.39, 0.29) is 3.57 Å². The maximum Gasteiger partial charge on any atom is 0.390 e. The Bertz CT molecular complexity index is 463. The number of rotatable bonds is 2. The van der Waals surface area contributed by atoms with Gasteiger partial charge in [-0.1, -0.05) is 0 Å². The highest BCUT2D eigenvalue weighted by atomic mass is 127. The Hall–Kier alpha value is -0.800. The summed E-state index contributed by atoms with van der Waals surface area (Å²) in [6, 6.07) is 0. The minimum Gasteiger partial charge on any atom is -0.299 e. The van der Waals surface area contributed by atoms with Crippen molar-refractivity contribution in [1.29, 1.82) is 0 Å². The molecule has 1 aromatic heterocycles. The third kappa shape index (κ3) is 3.68. The van der Waals surface area contributed by atoms with Gasteiger partial charge in [0.25, 0.3) is 5.56 Å². The van der Waals surface area contributed by atoms with E-state index in [1.807, 2.05) is 4.98 Å². The van der Waals surface area contributed by atoms with Gasteiger partial charge in [-0.2, -0.15) is 13.2 Å². The van der Waals surface area contributed by atoms with Crippen molar-refractivity contribution in [3.63, 3.8) is 0 Å². The van der Waals surface area contributed by atoms with Gasteiger partial charge in [0, 0.05) is 12.7 Å². The van der Waals surface area contributed by atoms with Gasteiger partial charge in [0.05, 0.1) is 9.99 Å². The van der Waals surface area contributed by atoms with E-state index in [0.29, 0.717) is 0 Å². The molecule has 15 heavy (non-hydrogen) atoms. The molecule has 0 saturated heterocycles. The Morgan fingerprint density at radius 2 is 2.00 bits per heavy atom. The summed E-state index contributed by atoms with van der Waals surface area (Å²) in [6.45, 7) is -0.491. The van der Waals surface area contributed by atoms with E-state index in [2.05, 4.69) is 0 Å². The number of aromatic amines is 1. The van der Waals surface area contributed by atoms with Crippen molar-refractivity contribution in [2.24, 2.45) is 0 Å². The van der Waals surface area contributed by atoms with E-state index in [1.54, 1.807) is 22.6 Å². The molecule has 4 nitrogen and oxygen atoms in total. The van der Waals surface area contributed by atoms with Crippen LogP contribution in [0, 0.1) is 3.57 Å². The summed E-state index contributed by atoms with van der Waals surface area (Å²) >= 11 is 1.64. The fourth-order valence-corrected chi connectivity index (χ4v) is 1.37. The Morgan fingerprint density at radius 3 is 2.53 bits per heavy atom. The van der Waals surface area contributed by atoms with Crippen molar-refractivity contribution in [2.75, 3.05) is 0 Å².